The summed E-state index contributed by atoms with van der Waals surface area (Å²) in [5.74, 6) is -2.79. The summed E-state index contributed by atoms with van der Waals surface area (Å²) >= 11 is 11.0. The van der Waals surface area contributed by atoms with Gasteiger partial charge in [-0.3, -0.25) is 29.0 Å². The molecule has 0 saturated carbocycles. The molecule has 18 heavy (non-hydrogen) atoms. The molecule has 0 aromatic heterocycles. The zero-order valence-electron chi connectivity index (χ0n) is 9.07. The third-order valence-corrected chi connectivity index (χ3v) is 3.33. The second-order valence-electron chi connectivity index (χ2n) is 3.71. The van der Waals surface area contributed by atoms with Gasteiger partial charge in [-0.25, -0.2) is 0 Å². The lowest BCUT2D eigenvalue weighted by Gasteiger charge is -2.21. The van der Waals surface area contributed by atoms with Gasteiger partial charge in [0.05, 0.1) is 0 Å². The maximum absolute atomic E-state index is 11.6. The summed E-state index contributed by atoms with van der Waals surface area (Å²) in [6.07, 6.45) is 1.13. The number of hydrogen-bond acceptors (Lipinski definition) is 4. The summed E-state index contributed by atoms with van der Waals surface area (Å²) in [4.78, 5) is 47.6. The summed E-state index contributed by atoms with van der Waals surface area (Å²) in [5.41, 5.74) is 0.240. The summed E-state index contributed by atoms with van der Waals surface area (Å²) in [6.45, 7) is 0.974. The summed E-state index contributed by atoms with van der Waals surface area (Å²) in [7, 11) is 0. The van der Waals surface area contributed by atoms with Crippen LogP contribution in [0.4, 0.5) is 0 Å². The molecule has 2 rings (SSSR count). The molecule has 0 atom stereocenters. The summed E-state index contributed by atoms with van der Waals surface area (Å²) in [6, 6.07) is 0. The van der Waals surface area contributed by atoms with Gasteiger partial charge >= 0.3 is 0 Å². The van der Waals surface area contributed by atoms with Gasteiger partial charge in [0.1, 0.15) is 16.7 Å². The Hall–Kier alpha value is -1.66. The van der Waals surface area contributed by atoms with Gasteiger partial charge in [-0.2, -0.15) is 0 Å². The van der Waals surface area contributed by atoms with Crippen LogP contribution in [-0.4, -0.2) is 40.1 Å². The summed E-state index contributed by atoms with van der Waals surface area (Å²) in [5, 5.41) is -0.823. The monoisotopic (exact) mass is 288 g/mol. The van der Waals surface area contributed by atoms with Crippen molar-refractivity contribution in [1.29, 1.82) is 0 Å². The van der Waals surface area contributed by atoms with Crippen molar-refractivity contribution in [2.24, 2.45) is 0 Å². The number of carbonyl (C=O) groups is 4. The van der Waals surface area contributed by atoms with E-state index in [1.807, 2.05) is 0 Å². The molecule has 0 radical (unpaired) electrons. The van der Waals surface area contributed by atoms with Crippen LogP contribution in [0.25, 0.3) is 0 Å². The molecule has 0 aromatic carbocycles. The van der Waals surface area contributed by atoms with Crippen molar-refractivity contribution in [1.82, 2.24) is 9.80 Å². The number of hydrogen-bond donors (Lipinski definition) is 0. The fourth-order valence-electron chi connectivity index (χ4n) is 1.56. The Labute approximate surface area is 111 Å². The van der Waals surface area contributed by atoms with Crippen LogP contribution in [0.5, 0.6) is 0 Å². The van der Waals surface area contributed by atoms with E-state index in [4.69, 9.17) is 23.2 Å². The van der Waals surface area contributed by atoms with Crippen LogP contribution in [0.1, 0.15) is 6.92 Å². The quantitative estimate of drug-likeness (QED) is 0.686. The molecule has 2 aliphatic heterocycles. The van der Waals surface area contributed by atoms with Gasteiger partial charge in [0, 0.05) is 11.6 Å². The lowest BCUT2D eigenvalue weighted by atomic mass is 10.3. The smallest absolute Gasteiger partial charge is 0.269 e. The maximum atomic E-state index is 11.6. The molecule has 2 aliphatic rings. The van der Waals surface area contributed by atoms with Crippen molar-refractivity contribution in [3.8, 4) is 0 Å². The minimum atomic E-state index is -0.822. The first-order chi connectivity index (χ1) is 8.34. The lowest BCUT2D eigenvalue weighted by Crippen LogP contribution is -2.44. The van der Waals surface area contributed by atoms with Gasteiger partial charge in [0.15, 0.2) is 0 Å². The Kier molecular flexibility index (Phi) is 3.00. The lowest BCUT2D eigenvalue weighted by molar-refractivity contribution is -0.145. The van der Waals surface area contributed by atoms with Crippen LogP contribution in [0.3, 0.4) is 0 Å². The molecule has 0 bridgehead atoms. The van der Waals surface area contributed by atoms with E-state index in [0.717, 1.165) is 11.0 Å². The van der Waals surface area contributed by atoms with Gasteiger partial charge in [0.25, 0.3) is 23.6 Å². The molecule has 2 heterocycles. The van der Waals surface area contributed by atoms with Crippen LogP contribution < -0.4 is 0 Å². The molecule has 0 unspecified atom stereocenters. The molecule has 0 fully saturated rings. The maximum Gasteiger partial charge on any atom is 0.275 e. The van der Waals surface area contributed by atoms with Crippen molar-refractivity contribution in [3.63, 3.8) is 0 Å². The zero-order chi connectivity index (χ0) is 13.6. The molecule has 0 spiro atoms. The highest BCUT2D eigenvalue weighted by Gasteiger charge is 2.40. The molecule has 0 N–H and O–H groups in total. The highest BCUT2D eigenvalue weighted by atomic mass is 35.5. The Morgan fingerprint density at radius 3 is 1.83 bits per heavy atom. The topological polar surface area (TPSA) is 74.8 Å². The van der Waals surface area contributed by atoms with Gasteiger partial charge in [0.2, 0.25) is 0 Å². The van der Waals surface area contributed by atoms with E-state index in [1.165, 1.54) is 6.92 Å². The molecule has 0 aliphatic carbocycles. The number of carbonyl (C=O) groups excluding carboxylic acids is 4. The van der Waals surface area contributed by atoms with Crippen molar-refractivity contribution < 1.29 is 19.2 Å². The Morgan fingerprint density at radius 2 is 1.44 bits per heavy atom. The van der Waals surface area contributed by atoms with Crippen LogP contribution in [0.2, 0.25) is 0 Å². The van der Waals surface area contributed by atoms with Gasteiger partial charge in [-0.05, 0) is 6.92 Å². The fraction of sp³-hybridized carbons (Fsp3) is 0.200. The number of imide groups is 2. The molecule has 6 nitrogen and oxygen atoms in total. The first kappa shape index (κ1) is 12.8. The van der Waals surface area contributed by atoms with E-state index >= 15 is 0 Å². The predicted molar refractivity (Wildman–Crippen MR) is 61.1 cm³/mol. The average Bonchev–Trinajstić information content (AvgIpc) is 2.66. The number of rotatable bonds is 2. The largest absolute Gasteiger partial charge is 0.275 e. The summed E-state index contributed by atoms with van der Waals surface area (Å²) < 4.78 is 0. The van der Waals surface area contributed by atoms with Crippen LogP contribution in [0, 0.1) is 0 Å². The fourth-order valence-corrected chi connectivity index (χ4v) is 1.92. The van der Waals surface area contributed by atoms with Crippen molar-refractivity contribution >= 4 is 46.8 Å². The normalized spacial score (nSPS) is 20.5. The number of amides is 4. The van der Waals surface area contributed by atoms with Crippen molar-refractivity contribution in [3.05, 3.63) is 21.7 Å². The number of nitrogens with zero attached hydrogens (tertiary/aromatic N) is 2. The highest BCUT2D eigenvalue weighted by molar-refractivity contribution is 6.58. The van der Waals surface area contributed by atoms with E-state index in [0.29, 0.717) is 4.90 Å². The molecule has 0 saturated heterocycles. The predicted octanol–water partition coefficient (Wildman–Crippen LogP) is 0.317. The van der Waals surface area contributed by atoms with Gasteiger partial charge in [-0.1, -0.05) is 23.2 Å². The molecule has 0 aromatic rings. The molecule has 8 heteroatoms. The minimum absolute atomic E-state index is 0.240. The van der Waals surface area contributed by atoms with Gasteiger partial charge in [-0.15, -0.1) is 0 Å². The third kappa shape index (κ3) is 1.74. The Balaban J connectivity index is 2.19. The van der Waals surface area contributed by atoms with E-state index in [-0.39, 0.29) is 5.57 Å². The second-order valence-corrected chi connectivity index (χ2v) is 4.46. The van der Waals surface area contributed by atoms with E-state index < -0.39 is 40.4 Å². The minimum Gasteiger partial charge on any atom is -0.269 e. The Morgan fingerprint density at radius 1 is 0.944 bits per heavy atom. The van der Waals surface area contributed by atoms with E-state index in [2.05, 4.69) is 0 Å². The van der Waals surface area contributed by atoms with E-state index in [1.54, 1.807) is 0 Å². The Bertz CT molecular complexity index is 540. The first-order valence-electron chi connectivity index (χ1n) is 4.80. The van der Waals surface area contributed by atoms with Crippen molar-refractivity contribution in [2.45, 2.75) is 6.92 Å². The van der Waals surface area contributed by atoms with Crippen LogP contribution >= 0.6 is 23.2 Å². The zero-order valence-corrected chi connectivity index (χ0v) is 10.6. The van der Waals surface area contributed by atoms with Gasteiger partial charge < -0.3 is 0 Å². The SMILES string of the molecule is CC1=CC(=O)N(CN2C(=O)C(Cl)=C(Cl)C2=O)C1=O. The van der Waals surface area contributed by atoms with Crippen LogP contribution in [0.15, 0.2) is 21.7 Å². The second kappa shape index (κ2) is 4.22. The van der Waals surface area contributed by atoms with E-state index in [9.17, 15) is 19.2 Å². The molecular formula is C10H6Cl2N2O4. The third-order valence-electron chi connectivity index (χ3n) is 2.53. The highest BCUT2D eigenvalue weighted by Crippen LogP contribution is 2.27. The van der Waals surface area contributed by atoms with Crippen LogP contribution in [-0.2, 0) is 19.2 Å². The molecular weight excluding hydrogens is 283 g/mol. The standard InChI is InChI=1S/C10H6Cl2N2O4/c1-4-2-5(15)13(8(4)16)3-14-9(17)6(11)7(12)10(14)18/h2H,3H2,1H3. The number of halogens is 2. The van der Waals surface area contributed by atoms with Crippen molar-refractivity contribution in [2.75, 3.05) is 6.67 Å². The average molecular weight is 289 g/mol. The first-order valence-corrected chi connectivity index (χ1v) is 5.55. The molecule has 4 amide bonds. The molecule has 94 valence electrons.